The zero-order valence-corrected chi connectivity index (χ0v) is 10.9. The summed E-state index contributed by atoms with van der Waals surface area (Å²) in [4.78, 5) is 5.29. The minimum absolute atomic E-state index is 0.586. The summed E-state index contributed by atoms with van der Waals surface area (Å²) >= 11 is 0. The van der Waals surface area contributed by atoms with E-state index in [0.717, 1.165) is 19.2 Å². The average Bonchev–Trinajstić information content (AvgIpc) is 2.98. The highest BCUT2D eigenvalue weighted by Gasteiger charge is 2.30. The lowest BCUT2D eigenvalue weighted by molar-refractivity contribution is 0.0251. The lowest BCUT2D eigenvalue weighted by atomic mass is 10.1. The molecule has 1 aliphatic carbocycles. The van der Waals surface area contributed by atoms with Crippen molar-refractivity contribution in [1.29, 1.82) is 0 Å². The summed E-state index contributed by atoms with van der Waals surface area (Å²) in [5.41, 5.74) is 0. The van der Waals surface area contributed by atoms with E-state index in [0.29, 0.717) is 6.10 Å². The summed E-state index contributed by atoms with van der Waals surface area (Å²) in [6.07, 6.45) is 8.78. The van der Waals surface area contributed by atoms with Gasteiger partial charge in [0.15, 0.2) is 0 Å². The van der Waals surface area contributed by atoms with Gasteiger partial charge in [-0.25, -0.2) is 0 Å². The molecule has 0 radical (unpaired) electrons. The van der Waals surface area contributed by atoms with Gasteiger partial charge < -0.3 is 4.74 Å². The minimum atomic E-state index is 0.586. The first-order valence-electron chi connectivity index (χ1n) is 7.50. The van der Waals surface area contributed by atoms with Crippen molar-refractivity contribution in [2.24, 2.45) is 0 Å². The molecule has 3 rings (SSSR count). The van der Waals surface area contributed by atoms with Crippen molar-refractivity contribution in [3.05, 3.63) is 0 Å². The van der Waals surface area contributed by atoms with Gasteiger partial charge in [0, 0.05) is 32.2 Å². The van der Waals surface area contributed by atoms with Crippen molar-refractivity contribution in [1.82, 2.24) is 9.80 Å². The van der Waals surface area contributed by atoms with Gasteiger partial charge >= 0.3 is 0 Å². The number of rotatable bonds is 4. The number of nitrogens with zero attached hydrogens (tertiary/aromatic N) is 2. The molecule has 2 aliphatic heterocycles. The highest BCUT2D eigenvalue weighted by atomic mass is 16.5. The van der Waals surface area contributed by atoms with E-state index in [4.69, 9.17) is 4.74 Å². The molecule has 98 valence electrons. The summed E-state index contributed by atoms with van der Waals surface area (Å²) < 4.78 is 5.96. The fraction of sp³-hybridized carbons (Fsp3) is 1.00. The van der Waals surface area contributed by atoms with Crippen LogP contribution in [0.1, 0.15) is 38.5 Å². The summed E-state index contributed by atoms with van der Waals surface area (Å²) in [5, 5.41) is 0. The Labute approximate surface area is 105 Å². The molecule has 1 saturated carbocycles. The quantitative estimate of drug-likeness (QED) is 0.742. The third-order valence-electron chi connectivity index (χ3n) is 4.73. The maximum absolute atomic E-state index is 5.96. The number of hydrogen-bond acceptors (Lipinski definition) is 3. The lowest BCUT2D eigenvalue weighted by Crippen LogP contribution is -2.50. The number of ether oxygens (including phenoxy) is 1. The SMILES string of the molecule is C1CCC(OCCN2CCN3CCCC3C2)C1. The van der Waals surface area contributed by atoms with E-state index in [9.17, 15) is 0 Å². The van der Waals surface area contributed by atoms with Crippen LogP contribution < -0.4 is 0 Å². The smallest absolute Gasteiger partial charge is 0.0597 e. The first-order chi connectivity index (χ1) is 8.42. The van der Waals surface area contributed by atoms with Crippen LogP contribution in [0.5, 0.6) is 0 Å². The molecule has 3 nitrogen and oxygen atoms in total. The van der Waals surface area contributed by atoms with Crippen molar-refractivity contribution in [3.8, 4) is 0 Å². The van der Waals surface area contributed by atoms with E-state index in [-0.39, 0.29) is 0 Å². The first-order valence-corrected chi connectivity index (χ1v) is 7.50. The Balaban J connectivity index is 1.34. The van der Waals surface area contributed by atoms with Crippen molar-refractivity contribution in [2.75, 3.05) is 39.3 Å². The van der Waals surface area contributed by atoms with E-state index in [2.05, 4.69) is 9.80 Å². The summed E-state index contributed by atoms with van der Waals surface area (Å²) in [6.45, 7) is 7.28. The molecule has 3 aliphatic rings. The molecule has 0 bridgehead atoms. The number of piperazine rings is 1. The molecular weight excluding hydrogens is 212 g/mol. The van der Waals surface area contributed by atoms with E-state index in [1.54, 1.807) is 0 Å². The largest absolute Gasteiger partial charge is 0.377 e. The second-order valence-electron chi connectivity index (χ2n) is 5.91. The molecule has 0 aromatic rings. The second kappa shape index (κ2) is 5.68. The van der Waals surface area contributed by atoms with E-state index < -0.39 is 0 Å². The molecule has 2 saturated heterocycles. The number of fused-ring (bicyclic) bond motifs is 1. The monoisotopic (exact) mass is 238 g/mol. The lowest BCUT2D eigenvalue weighted by Gasteiger charge is -2.37. The normalized spacial score (nSPS) is 32.1. The molecular formula is C14H26N2O. The molecule has 3 heteroatoms. The van der Waals surface area contributed by atoms with Crippen LogP contribution in [0.25, 0.3) is 0 Å². The Hall–Kier alpha value is -0.120. The number of hydrogen-bond donors (Lipinski definition) is 0. The van der Waals surface area contributed by atoms with Gasteiger partial charge in [0.2, 0.25) is 0 Å². The van der Waals surface area contributed by atoms with Gasteiger partial charge in [0.1, 0.15) is 0 Å². The maximum Gasteiger partial charge on any atom is 0.0597 e. The zero-order valence-electron chi connectivity index (χ0n) is 10.9. The molecule has 3 fully saturated rings. The Morgan fingerprint density at radius 1 is 0.941 bits per heavy atom. The topological polar surface area (TPSA) is 15.7 Å². The van der Waals surface area contributed by atoms with Crippen LogP contribution in [0.4, 0.5) is 0 Å². The molecule has 0 N–H and O–H groups in total. The van der Waals surface area contributed by atoms with Crippen LogP contribution in [-0.4, -0.2) is 61.3 Å². The summed E-state index contributed by atoms with van der Waals surface area (Å²) in [6, 6.07) is 0.857. The van der Waals surface area contributed by atoms with Gasteiger partial charge in [-0.3, -0.25) is 9.80 Å². The van der Waals surface area contributed by atoms with Gasteiger partial charge in [-0.15, -0.1) is 0 Å². The molecule has 0 aromatic carbocycles. The highest BCUT2D eigenvalue weighted by Crippen LogP contribution is 2.22. The van der Waals surface area contributed by atoms with Gasteiger partial charge in [0.25, 0.3) is 0 Å². The van der Waals surface area contributed by atoms with Crippen molar-refractivity contribution < 1.29 is 4.74 Å². The maximum atomic E-state index is 5.96. The Bertz CT molecular complexity index is 240. The zero-order chi connectivity index (χ0) is 11.5. The van der Waals surface area contributed by atoms with Crippen LogP contribution in [0.3, 0.4) is 0 Å². The van der Waals surface area contributed by atoms with Crippen molar-refractivity contribution >= 4 is 0 Å². The summed E-state index contributed by atoms with van der Waals surface area (Å²) in [5.74, 6) is 0. The van der Waals surface area contributed by atoms with Crippen molar-refractivity contribution in [2.45, 2.75) is 50.7 Å². The van der Waals surface area contributed by atoms with Crippen LogP contribution in [0, 0.1) is 0 Å². The fourth-order valence-corrected chi connectivity index (χ4v) is 3.66. The molecule has 1 unspecified atom stereocenters. The van der Waals surface area contributed by atoms with Crippen molar-refractivity contribution in [3.63, 3.8) is 0 Å². The average molecular weight is 238 g/mol. The van der Waals surface area contributed by atoms with E-state index in [1.807, 2.05) is 0 Å². The van der Waals surface area contributed by atoms with Gasteiger partial charge in [0.05, 0.1) is 12.7 Å². The van der Waals surface area contributed by atoms with Crippen LogP contribution >= 0.6 is 0 Å². The molecule has 0 aromatic heterocycles. The van der Waals surface area contributed by atoms with E-state index >= 15 is 0 Å². The molecule has 17 heavy (non-hydrogen) atoms. The Kier molecular flexibility index (Phi) is 3.99. The fourth-order valence-electron chi connectivity index (χ4n) is 3.66. The van der Waals surface area contributed by atoms with Crippen LogP contribution in [-0.2, 0) is 4.74 Å². The predicted molar refractivity (Wildman–Crippen MR) is 69.2 cm³/mol. The second-order valence-corrected chi connectivity index (χ2v) is 5.91. The Morgan fingerprint density at radius 3 is 2.71 bits per heavy atom. The standard InChI is InChI=1S/C14H26N2O/c1-2-6-14(5-1)17-11-10-15-8-9-16-7-3-4-13(16)12-15/h13-14H,1-12H2. The first kappa shape index (κ1) is 11.9. The van der Waals surface area contributed by atoms with Crippen LogP contribution in [0.2, 0.25) is 0 Å². The molecule has 0 spiro atoms. The third kappa shape index (κ3) is 3.01. The Morgan fingerprint density at radius 2 is 1.82 bits per heavy atom. The molecule has 0 amide bonds. The van der Waals surface area contributed by atoms with E-state index in [1.165, 1.54) is 64.7 Å². The van der Waals surface area contributed by atoms with Gasteiger partial charge in [-0.1, -0.05) is 12.8 Å². The predicted octanol–water partition coefficient (Wildman–Crippen LogP) is 1.73. The summed E-state index contributed by atoms with van der Waals surface area (Å²) in [7, 11) is 0. The minimum Gasteiger partial charge on any atom is -0.377 e. The highest BCUT2D eigenvalue weighted by molar-refractivity contribution is 4.86. The molecule has 2 heterocycles. The van der Waals surface area contributed by atoms with Crippen LogP contribution in [0.15, 0.2) is 0 Å². The van der Waals surface area contributed by atoms with Gasteiger partial charge in [-0.05, 0) is 32.2 Å². The molecule has 1 atom stereocenters. The third-order valence-corrected chi connectivity index (χ3v) is 4.73. The van der Waals surface area contributed by atoms with Gasteiger partial charge in [-0.2, -0.15) is 0 Å².